The summed E-state index contributed by atoms with van der Waals surface area (Å²) in [7, 11) is 0. The molecule has 1 atom stereocenters. The standard InChI is InChI=1S/C17H20ClNO5/c1-17(2,3)24-16(22)19-9-11(8-15(20)21)14-7-10-6-12(18)4-5-13(10)23-14/h4-7,11H,8-9H2,1-3H3,(H,19,22)(H,20,21). The predicted octanol–water partition coefficient (Wildman–Crippen LogP) is 4.17. The Hall–Kier alpha value is -2.21. The first kappa shape index (κ1) is 18.1. The lowest BCUT2D eigenvalue weighted by Gasteiger charge is -2.21. The molecule has 1 heterocycles. The highest BCUT2D eigenvalue weighted by molar-refractivity contribution is 6.31. The van der Waals surface area contributed by atoms with Gasteiger partial charge in [0.05, 0.1) is 6.42 Å². The number of amides is 1. The molecule has 2 N–H and O–H groups in total. The summed E-state index contributed by atoms with van der Waals surface area (Å²) in [4.78, 5) is 22.9. The monoisotopic (exact) mass is 353 g/mol. The Labute approximate surface area is 144 Å². The van der Waals surface area contributed by atoms with Gasteiger partial charge in [-0.15, -0.1) is 0 Å². The fraction of sp³-hybridized carbons (Fsp3) is 0.412. The molecule has 0 saturated heterocycles. The van der Waals surface area contributed by atoms with Crippen molar-refractivity contribution in [2.24, 2.45) is 0 Å². The van der Waals surface area contributed by atoms with E-state index in [1.807, 2.05) is 0 Å². The van der Waals surface area contributed by atoms with Crippen LogP contribution < -0.4 is 5.32 Å². The molecule has 0 radical (unpaired) electrons. The average Bonchev–Trinajstić information content (AvgIpc) is 2.83. The van der Waals surface area contributed by atoms with Crippen molar-refractivity contribution in [2.75, 3.05) is 6.54 Å². The van der Waals surface area contributed by atoms with Gasteiger partial charge in [0.1, 0.15) is 16.9 Å². The molecule has 1 aromatic carbocycles. The van der Waals surface area contributed by atoms with Crippen LogP contribution >= 0.6 is 11.6 Å². The molecule has 2 aromatic rings. The number of aliphatic carboxylic acids is 1. The van der Waals surface area contributed by atoms with E-state index in [0.717, 1.165) is 5.39 Å². The van der Waals surface area contributed by atoms with Gasteiger partial charge in [0.15, 0.2) is 0 Å². The van der Waals surface area contributed by atoms with Gasteiger partial charge in [0.2, 0.25) is 0 Å². The van der Waals surface area contributed by atoms with Crippen LogP contribution in [0.25, 0.3) is 11.0 Å². The Kier molecular flexibility index (Phi) is 5.39. The van der Waals surface area contributed by atoms with E-state index in [4.69, 9.17) is 25.9 Å². The fourth-order valence-corrected chi connectivity index (χ4v) is 2.42. The number of fused-ring (bicyclic) bond motifs is 1. The molecule has 1 unspecified atom stereocenters. The second kappa shape index (κ2) is 7.13. The summed E-state index contributed by atoms with van der Waals surface area (Å²) < 4.78 is 10.9. The number of carbonyl (C=O) groups is 2. The minimum Gasteiger partial charge on any atom is -0.481 e. The zero-order chi connectivity index (χ0) is 17.9. The van der Waals surface area contributed by atoms with Crippen molar-refractivity contribution < 1.29 is 23.8 Å². The lowest BCUT2D eigenvalue weighted by atomic mass is 10.0. The first-order valence-corrected chi connectivity index (χ1v) is 7.89. The van der Waals surface area contributed by atoms with Gasteiger partial charge < -0.3 is 19.6 Å². The lowest BCUT2D eigenvalue weighted by molar-refractivity contribution is -0.137. The number of carboxylic acid groups (broad SMARTS) is 1. The number of halogens is 1. The molecule has 7 heteroatoms. The number of benzene rings is 1. The van der Waals surface area contributed by atoms with Gasteiger partial charge in [-0.3, -0.25) is 4.79 Å². The number of hydrogen-bond acceptors (Lipinski definition) is 4. The summed E-state index contributed by atoms with van der Waals surface area (Å²) in [6.45, 7) is 5.35. The smallest absolute Gasteiger partial charge is 0.407 e. The van der Waals surface area contributed by atoms with Gasteiger partial charge in [0.25, 0.3) is 0 Å². The number of carboxylic acids is 1. The van der Waals surface area contributed by atoms with Crippen LogP contribution in [-0.2, 0) is 9.53 Å². The minimum absolute atomic E-state index is 0.0920. The molecule has 0 saturated carbocycles. The van der Waals surface area contributed by atoms with Crippen molar-refractivity contribution in [1.29, 1.82) is 0 Å². The molecular formula is C17H20ClNO5. The average molecular weight is 354 g/mol. The first-order valence-electron chi connectivity index (χ1n) is 7.51. The molecule has 0 fully saturated rings. The highest BCUT2D eigenvalue weighted by Gasteiger charge is 2.22. The molecule has 1 amide bonds. The van der Waals surface area contributed by atoms with Crippen molar-refractivity contribution in [3.63, 3.8) is 0 Å². The summed E-state index contributed by atoms with van der Waals surface area (Å²) in [5.74, 6) is -1.02. The summed E-state index contributed by atoms with van der Waals surface area (Å²) in [5, 5.41) is 13.0. The highest BCUT2D eigenvalue weighted by Crippen LogP contribution is 2.29. The van der Waals surface area contributed by atoms with Crippen LogP contribution in [0.1, 0.15) is 38.9 Å². The van der Waals surface area contributed by atoms with Crippen LogP contribution in [0, 0.1) is 0 Å². The van der Waals surface area contributed by atoms with Gasteiger partial charge >= 0.3 is 12.1 Å². The molecule has 6 nitrogen and oxygen atoms in total. The Morgan fingerprint density at radius 2 is 2.04 bits per heavy atom. The zero-order valence-corrected chi connectivity index (χ0v) is 14.5. The Morgan fingerprint density at radius 1 is 1.33 bits per heavy atom. The van der Waals surface area contributed by atoms with E-state index in [-0.39, 0.29) is 13.0 Å². The minimum atomic E-state index is -0.982. The Morgan fingerprint density at radius 3 is 2.67 bits per heavy atom. The van der Waals surface area contributed by atoms with Crippen LogP contribution in [0.15, 0.2) is 28.7 Å². The van der Waals surface area contributed by atoms with Crippen LogP contribution in [0.3, 0.4) is 0 Å². The SMILES string of the molecule is CC(C)(C)OC(=O)NCC(CC(=O)O)c1cc2cc(Cl)ccc2o1. The summed E-state index contributed by atoms with van der Waals surface area (Å²) in [6.07, 6.45) is -0.777. The predicted molar refractivity (Wildman–Crippen MR) is 90.5 cm³/mol. The number of carbonyl (C=O) groups excluding carboxylic acids is 1. The quantitative estimate of drug-likeness (QED) is 0.842. The van der Waals surface area contributed by atoms with E-state index in [2.05, 4.69) is 5.32 Å². The normalized spacial score (nSPS) is 12.8. The maximum atomic E-state index is 11.8. The van der Waals surface area contributed by atoms with Crippen molar-refractivity contribution in [3.8, 4) is 0 Å². The van der Waals surface area contributed by atoms with E-state index in [1.165, 1.54) is 0 Å². The molecule has 2 rings (SSSR count). The number of ether oxygens (including phenoxy) is 1. The number of nitrogens with one attached hydrogen (secondary N) is 1. The second-order valence-electron chi connectivity index (χ2n) is 6.51. The topological polar surface area (TPSA) is 88.8 Å². The molecule has 1 aromatic heterocycles. The summed E-state index contributed by atoms with van der Waals surface area (Å²) >= 11 is 5.95. The van der Waals surface area contributed by atoms with Crippen molar-refractivity contribution in [1.82, 2.24) is 5.32 Å². The van der Waals surface area contributed by atoms with Crippen LogP contribution in [0.2, 0.25) is 5.02 Å². The van der Waals surface area contributed by atoms with Gasteiger partial charge in [0, 0.05) is 22.9 Å². The van der Waals surface area contributed by atoms with Gasteiger partial charge in [-0.25, -0.2) is 4.79 Å². The number of hydrogen-bond donors (Lipinski definition) is 2. The van der Waals surface area contributed by atoms with Gasteiger partial charge in [-0.2, -0.15) is 0 Å². The van der Waals surface area contributed by atoms with E-state index >= 15 is 0 Å². The number of furan rings is 1. The molecule has 0 bridgehead atoms. The summed E-state index contributed by atoms with van der Waals surface area (Å²) in [5.41, 5.74) is -0.00951. The third-order valence-corrected chi connectivity index (χ3v) is 3.45. The Bertz CT molecular complexity index is 747. The molecule has 0 aliphatic rings. The van der Waals surface area contributed by atoms with Crippen LogP contribution in [0.5, 0.6) is 0 Å². The van der Waals surface area contributed by atoms with E-state index in [0.29, 0.717) is 16.4 Å². The maximum absolute atomic E-state index is 11.8. The maximum Gasteiger partial charge on any atom is 0.407 e. The fourth-order valence-electron chi connectivity index (χ4n) is 2.24. The second-order valence-corrected chi connectivity index (χ2v) is 6.94. The molecule has 0 aliphatic heterocycles. The largest absolute Gasteiger partial charge is 0.481 e. The third kappa shape index (κ3) is 5.16. The van der Waals surface area contributed by atoms with Gasteiger partial charge in [-0.1, -0.05) is 11.6 Å². The van der Waals surface area contributed by atoms with Crippen molar-refractivity contribution >= 4 is 34.6 Å². The van der Waals surface area contributed by atoms with E-state index in [1.54, 1.807) is 45.0 Å². The number of alkyl carbamates (subject to hydrolysis) is 1. The Balaban J connectivity index is 2.14. The lowest BCUT2D eigenvalue weighted by Crippen LogP contribution is -2.35. The molecule has 130 valence electrons. The summed E-state index contributed by atoms with van der Waals surface area (Å²) in [6, 6.07) is 6.90. The van der Waals surface area contributed by atoms with Crippen molar-refractivity contribution in [2.45, 2.75) is 38.7 Å². The number of rotatable bonds is 5. The van der Waals surface area contributed by atoms with E-state index < -0.39 is 23.6 Å². The zero-order valence-electron chi connectivity index (χ0n) is 13.8. The van der Waals surface area contributed by atoms with Crippen LogP contribution in [-0.4, -0.2) is 29.3 Å². The van der Waals surface area contributed by atoms with Crippen LogP contribution in [0.4, 0.5) is 4.79 Å². The molecule has 0 aliphatic carbocycles. The van der Waals surface area contributed by atoms with E-state index in [9.17, 15) is 9.59 Å². The first-order chi connectivity index (χ1) is 11.1. The van der Waals surface area contributed by atoms with Gasteiger partial charge in [-0.05, 0) is 45.0 Å². The van der Waals surface area contributed by atoms with Crippen molar-refractivity contribution in [3.05, 3.63) is 35.0 Å². The molecular weight excluding hydrogens is 334 g/mol. The highest BCUT2D eigenvalue weighted by atomic mass is 35.5. The molecule has 24 heavy (non-hydrogen) atoms. The third-order valence-electron chi connectivity index (χ3n) is 3.21. The molecule has 0 spiro atoms.